The molecule has 9 nitrogen and oxygen atoms in total. The van der Waals surface area contributed by atoms with Crippen LogP contribution in [0.25, 0.3) is 0 Å². The van der Waals surface area contributed by atoms with Crippen molar-refractivity contribution in [3.05, 3.63) is 80.4 Å². The van der Waals surface area contributed by atoms with E-state index in [-0.39, 0.29) is 28.0 Å². The van der Waals surface area contributed by atoms with Gasteiger partial charge in [0.2, 0.25) is 5.13 Å². The Morgan fingerprint density at radius 3 is 2.59 bits per heavy atom. The summed E-state index contributed by atoms with van der Waals surface area (Å²) in [6.45, 7) is 4.35. The molecule has 0 unspecified atom stereocenters. The predicted octanol–water partition coefficient (Wildman–Crippen LogP) is 3.38. The van der Waals surface area contributed by atoms with E-state index in [9.17, 15) is 19.3 Å². The van der Waals surface area contributed by atoms with Crippen molar-refractivity contribution in [3.8, 4) is 0 Å². The molecule has 4 rings (SSSR count). The number of benzene rings is 2. The maximum atomic E-state index is 13.1. The number of amides is 1. The summed E-state index contributed by atoms with van der Waals surface area (Å²) in [5.74, 6) is 0.103. The number of anilines is 1. The number of carbonyl (C=O) groups excluding carboxylic acids is 1. The van der Waals surface area contributed by atoms with Gasteiger partial charge in [-0.2, -0.15) is 4.37 Å². The molecule has 1 aliphatic rings. The highest BCUT2D eigenvalue weighted by molar-refractivity contribution is 7.09. The Kier molecular flexibility index (Phi) is 7.66. The number of hydrogen-bond acceptors (Lipinski definition) is 8. The minimum absolute atomic E-state index is 0.0520. The van der Waals surface area contributed by atoms with Crippen LogP contribution in [0.15, 0.2) is 42.5 Å². The van der Waals surface area contributed by atoms with E-state index in [1.165, 1.54) is 41.9 Å². The number of non-ortho nitro benzene ring substituents is 1. The Morgan fingerprint density at radius 1 is 1.18 bits per heavy atom. The van der Waals surface area contributed by atoms with Crippen LogP contribution >= 0.6 is 23.1 Å². The van der Waals surface area contributed by atoms with E-state index in [1.54, 1.807) is 12.1 Å². The fourth-order valence-corrected chi connectivity index (χ4v) is 4.61. The Bertz CT molecular complexity index is 1170. The standard InChI is InChI=1S/C22H22ClFN6O3S/c23-19-14-17(30(32)33)5-6-18(19)21(31)25-7-8-28-9-11-29(12-10-28)22-26-20(27-34-22)13-15-1-3-16(24)4-2-15/h1-6,14H,7-13H2,(H,25,31). The summed E-state index contributed by atoms with van der Waals surface area (Å²) in [4.78, 5) is 31.7. The molecule has 34 heavy (non-hydrogen) atoms. The second kappa shape index (κ2) is 10.9. The molecule has 3 aromatic rings. The molecule has 1 aromatic heterocycles. The lowest BCUT2D eigenvalue weighted by Gasteiger charge is -2.34. The summed E-state index contributed by atoms with van der Waals surface area (Å²) in [6, 6.07) is 10.1. The van der Waals surface area contributed by atoms with Gasteiger partial charge in [-0.1, -0.05) is 23.7 Å². The zero-order chi connectivity index (χ0) is 24.1. The Labute approximate surface area is 204 Å². The van der Waals surface area contributed by atoms with Crippen molar-refractivity contribution in [1.29, 1.82) is 0 Å². The molecule has 0 radical (unpaired) electrons. The zero-order valence-corrected chi connectivity index (χ0v) is 19.7. The summed E-state index contributed by atoms with van der Waals surface area (Å²) in [7, 11) is 0. The van der Waals surface area contributed by atoms with Crippen molar-refractivity contribution >= 4 is 39.9 Å². The number of nitro benzene ring substituents is 1. The van der Waals surface area contributed by atoms with Crippen LogP contribution in [0.4, 0.5) is 15.2 Å². The third kappa shape index (κ3) is 6.04. The van der Waals surface area contributed by atoms with Gasteiger partial charge in [0.05, 0.1) is 15.5 Å². The van der Waals surface area contributed by atoms with Crippen molar-refractivity contribution in [3.63, 3.8) is 0 Å². The van der Waals surface area contributed by atoms with E-state index in [4.69, 9.17) is 11.6 Å². The van der Waals surface area contributed by atoms with Crippen molar-refractivity contribution < 1.29 is 14.1 Å². The molecule has 1 amide bonds. The molecule has 0 spiro atoms. The van der Waals surface area contributed by atoms with Gasteiger partial charge in [0.1, 0.15) is 11.6 Å². The Hall–Kier alpha value is -3.15. The van der Waals surface area contributed by atoms with Gasteiger partial charge >= 0.3 is 0 Å². The van der Waals surface area contributed by atoms with E-state index < -0.39 is 4.92 Å². The quantitative estimate of drug-likeness (QED) is 0.370. The highest BCUT2D eigenvalue weighted by Crippen LogP contribution is 2.23. The van der Waals surface area contributed by atoms with E-state index in [1.807, 2.05) is 0 Å². The van der Waals surface area contributed by atoms with Crippen LogP contribution in [0.2, 0.25) is 5.02 Å². The number of piperazine rings is 1. The largest absolute Gasteiger partial charge is 0.351 e. The van der Waals surface area contributed by atoms with Crippen LogP contribution in [-0.4, -0.2) is 64.4 Å². The summed E-state index contributed by atoms with van der Waals surface area (Å²) in [6.07, 6.45) is 0.565. The topological polar surface area (TPSA) is 104 Å². The summed E-state index contributed by atoms with van der Waals surface area (Å²) in [5, 5.41) is 14.5. The SMILES string of the molecule is O=C(NCCN1CCN(c2nc(Cc3ccc(F)cc3)ns2)CC1)c1ccc([N+](=O)[O-])cc1Cl. The van der Waals surface area contributed by atoms with Gasteiger partial charge in [0.15, 0.2) is 0 Å². The summed E-state index contributed by atoms with van der Waals surface area (Å²) in [5.41, 5.74) is 1.02. The second-order valence-electron chi connectivity index (χ2n) is 7.80. The van der Waals surface area contributed by atoms with E-state index in [2.05, 4.69) is 24.5 Å². The number of nitrogens with zero attached hydrogens (tertiary/aromatic N) is 5. The zero-order valence-electron chi connectivity index (χ0n) is 18.1. The van der Waals surface area contributed by atoms with Crippen LogP contribution in [0.5, 0.6) is 0 Å². The predicted molar refractivity (Wildman–Crippen MR) is 128 cm³/mol. The maximum absolute atomic E-state index is 13.1. The van der Waals surface area contributed by atoms with Gasteiger partial charge in [-0.05, 0) is 23.8 Å². The smallest absolute Gasteiger partial charge is 0.270 e. The summed E-state index contributed by atoms with van der Waals surface area (Å²) < 4.78 is 17.5. The molecule has 0 atom stereocenters. The molecule has 0 saturated carbocycles. The van der Waals surface area contributed by atoms with Crippen molar-refractivity contribution in [2.24, 2.45) is 0 Å². The van der Waals surface area contributed by atoms with Crippen LogP contribution in [-0.2, 0) is 6.42 Å². The molecule has 2 heterocycles. The normalized spacial score (nSPS) is 14.2. The lowest BCUT2D eigenvalue weighted by atomic mass is 10.1. The average molecular weight is 505 g/mol. The molecular formula is C22H22ClFN6O3S. The third-order valence-electron chi connectivity index (χ3n) is 5.50. The third-order valence-corrected chi connectivity index (χ3v) is 6.62. The molecule has 1 N–H and O–H groups in total. The first-order chi connectivity index (χ1) is 16.4. The molecule has 0 bridgehead atoms. The van der Waals surface area contributed by atoms with Crippen LogP contribution in [0.1, 0.15) is 21.7 Å². The Morgan fingerprint density at radius 2 is 1.91 bits per heavy atom. The van der Waals surface area contributed by atoms with Crippen molar-refractivity contribution in [1.82, 2.24) is 19.6 Å². The monoisotopic (exact) mass is 504 g/mol. The van der Waals surface area contributed by atoms with Gasteiger partial charge in [-0.25, -0.2) is 9.37 Å². The van der Waals surface area contributed by atoms with Gasteiger partial charge < -0.3 is 10.2 Å². The molecule has 12 heteroatoms. The van der Waals surface area contributed by atoms with Crippen LogP contribution in [0, 0.1) is 15.9 Å². The number of hydrogen-bond donors (Lipinski definition) is 1. The number of carbonyl (C=O) groups is 1. The lowest BCUT2D eigenvalue weighted by molar-refractivity contribution is -0.384. The first kappa shape index (κ1) is 24.0. The van der Waals surface area contributed by atoms with Gasteiger partial charge in [0.25, 0.3) is 11.6 Å². The maximum Gasteiger partial charge on any atom is 0.270 e. The minimum Gasteiger partial charge on any atom is -0.351 e. The molecule has 178 valence electrons. The average Bonchev–Trinajstić information content (AvgIpc) is 3.29. The first-order valence-corrected chi connectivity index (χ1v) is 11.8. The van der Waals surface area contributed by atoms with Crippen LogP contribution in [0.3, 0.4) is 0 Å². The van der Waals surface area contributed by atoms with Gasteiger partial charge in [-0.3, -0.25) is 19.8 Å². The fourth-order valence-electron chi connectivity index (χ4n) is 3.62. The number of rotatable bonds is 8. The number of aromatic nitrogens is 2. The van der Waals surface area contributed by atoms with Crippen molar-refractivity contribution in [2.75, 3.05) is 44.2 Å². The van der Waals surface area contributed by atoms with Gasteiger partial charge in [-0.15, -0.1) is 0 Å². The molecule has 1 aliphatic heterocycles. The highest BCUT2D eigenvalue weighted by atomic mass is 35.5. The molecule has 2 aromatic carbocycles. The van der Waals surface area contributed by atoms with E-state index in [0.29, 0.717) is 19.5 Å². The van der Waals surface area contributed by atoms with E-state index in [0.717, 1.165) is 42.7 Å². The molecular weight excluding hydrogens is 483 g/mol. The number of nitro groups is 1. The lowest BCUT2D eigenvalue weighted by Crippen LogP contribution is -2.48. The van der Waals surface area contributed by atoms with Crippen molar-refractivity contribution in [2.45, 2.75) is 6.42 Å². The first-order valence-electron chi connectivity index (χ1n) is 10.7. The summed E-state index contributed by atoms with van der Waals surface area (Å²) >= 11 is 7.38. The number of nitrogens with one attached hydrogen (secondary N) is 1. The highest BCUT2D eigenvalue weighted by Gasteiger charge is 2.21. The fraction of sp³-hybridized carbons (Fsp3) is 0.318. The molecule has 0 aliphatic carbocycles. The Balaban J connectivity index is 1.21. The second-order valence-corrected chi connectivity index (χ2v) is 8.94. The molecule has 1 fully saturated rings. The molecule has 1 saturated heterocycles. The van der Waals surface area contributed by atoms with Gasteiger partial charge in [0, 0.05) is 69.4 Å². The minimum atomic E-state index is -0.554. The van der Waals surface area contributed by atoms with E-state index >= 15 is 0 Å². The number of halogens is 2. The van der Waals surface area contributed by atoms with Crippen LogP contribution < -0.4 is 10.2 Å².